The number of rotatable bonds is 3. The quantitative estimate of drug-likeness (QED) is 0.886. The monoisotopic (exact) mass is 235 g/mol. The fourth-order valence-corrected chi connectivity index (χ4v) is 1.81. The van der Waals surface area contributed by atoms with Crippen molar-refractivity contribution >= 4 is 11.6 Å². The summed E-state index contributed by atoms with van der Waals surface area (Å²) in [5, 5.41) is 8.26. The Morgan fingerprint density at radius 3 is 2.62 bits per heavy atom. The van der Waals surface area contributed by atoms with E-state index >= 15 is 0 Å². The molecular weight excluding hydrogens is 222 g/mol. The Morgan fingerprint density at radius 2 is 2.00 bits per heavy atom. The van der Waals surface area contributed by atoms with Crippen LogP contribution in [0, 0.1) is 0 Å². The molecule has 0 amide bonds. The second-order valence-corrected chi connectivity index (χ2v) is 4.12. The normalized spacial score (nSPS) is 10.7. The van der Waals surface area contributed by atoms with Crippen LogP contribution in [0.4, 0.5) is 0 Å². The maximum absolute atomic E-state index is 5.86. The van der Waals surface area contributed by atoms with Gasteiger partial charge in [0.05, 0.1) is 11.4 Å². The highest BCUT2D eigenvalue weighted by Gasteiger charge is 2.06. The summed E-state index contributed by atoms with van der Waals surface area (Å²) in [6, 6.07) is 9.87. The first-order valence-corrected chi connectivity index (χ1v) is 5.52. The van der Waals surface area contributed by atoms with Crippen molar-refractivity contribution in [2.45, 2.75) is 6.54 Å². The molecule has 0 aliphatic carbocycles. The van der Waals surface area contributed by atoms with Gasteiger partial charge in [-0.25, -0.2) is 0 Å². The van der Waals surface area contributed by atoms with Crippen molar-refractivity contribution in [1.29, 1.82) is 0 Å². The zero-order valence-electron chi connectivity index (χ0n) is 9.37. The van der Waals surface area contributed by atoms with E-state index in [0.29, 0.717) is 0 Å². The first-order valence-electron chi connectivity index (χ1n) is 5.14. The third-order valence-electron chi connectivity index (χ3n) is 2.43. The van der Waals surface area contributed by atoms with E-state index < -0.39 is 0 Å². The minimum absolute atomic E-state index is 0.751. The van der Waals surface area contributed by atoms with Crippen LogP contribution in [-0.4, -0.2) is 16.8 Å². The summed E-state index contributed by atoms with van der Waals surface area (Å²) >= 11 is 5.86. The van der Waals surface area contributed by atoms with Crippen molar-refractivity contribution in [2.24, 2.45) is 7.05 Å². The average molecular weight is 236 g/mol. The number of aromatic nitrogens is 2. The molecule has 0 aliphatic heterocycles. The van der Waals surface area contributed by atoms with Crippen LogP contribution in [0.15, 0.2) is 30.3 Å². The standard InChI is InChI=1S/C12H14ClN3/c1-14-8-11-7-12(16(2)15-11)9-3-5-10(13)6-4-9/h3-7,14H,8H2,1-2H3. The van der Waals surface area contributed by atoms with E-state index in [9.17, 15) is 0 Å². The highest BCUT2D eigenvalue weighted by atomic mass is 35.5. The van der Waals surface area contributed by atoms with Crippen LogP contribution < -0.4 is 5.32 Å². The largest absolute Gasteiger partial charge is 0.314 e. The van der Waals surface area contributed by atoms with Gasteiger partial charge in [-0.05, 0) is 30.8 Å². The first-order chi connectivity index (χ1) is 7.70. The van der Waals surface area contributed by atoms with Gasteiger partial charge in [-0.2, -0.15) is 5.10 Å². The van der Waals surface area contributed by atoms with Gasteiger partial charge in [-0.15, -0.1) is 0 Å². The minimum atomic E-state index is 0.751. The van der Waals surface area contributed by atoms with Crippen LogP contribution in [0.1, 0.15) is 5.69 Å². The van der Waals surface area contributed by atoms with Crippen LogP contribution in [0.3, 0.4) is 0 Å². The Balaban J connectivity index is 2.36. The second-order valence-electron chi connectivity index (χ2n) is 3.68. The second kappa shape index (κ2) is 4.68. The van der Waals surface area contributed by atoms with Gasteiger partial charge in [0.25, 0.3) is 0 Å². The Labute approximate surface area is 100 Å². The maximum Gasteiger partial charge on any atom is 0.0768 e. The Kier molecular flexibility index (Phi) is 3.27. The molecule has 2 aromatic rings. The van der Waals surface area contributed by atoms with Crippen molar-refractivity contribution < 1.29 is 0 Å². The van der Waals surface area contributed by atoms with E-state index in [1.165, 1.54) is 0 Å². The van der Waals surface area contributed by atoms with Gasteiger partial charge in [0.15, 0.2) is 0 Å². The molecule has 0 spiro atoms. The van der Waals surface area contributed by atoms with Gasteiger partial charge in [0.2, 0.25) is 0 Å². The van der Waals surface area contributed by atoms with Gasteiger partial charge >= 0.3 is 0 Å². The lowest BCUT2D eigenvalue weighted by Gasteiger charge is -2.01. The number of aryl methyl sites for hydroxylation is 1. The Morgan fingerprint density at radius 1 is 1.31 bits per heavy atom. The predicted molar refractivity (Wildman–Crippen MR) is 66.4 cm³/mol. The van der Waals surface area contributed by atoms with Gasteiger partial charge in [0, 0.05) is 18.6 Å². The fourth-order valence-electron chi connectivity index (χ4n) is 1.68. The van der Waals surface area contributed by atoms with Gasteiger partial charge in [-0.3, -0.25) is 4.68 Å². The molecule has 1 heterocycles. The highest BCUT2D eigenvalue weighted by Crippen LogP contribution is 2.21. The smallest absolute Gasteiger partial charge is 0.0768 e. The summed E-state index contributed by atoms with van der Waals surface area (Å²) in [5.74, 6) is 0. The third-order valence-corrected chi connectivity index (χ3v) is 2.68. The van der Waals surface area contributed by atoms with Crippen molar-refractivity contribution in [3.8, 4) is 11.3 Å². The van der Waals surface area contributed by atoms with Crippen LogP contribution in [0.5, 0.6) is 0 Å². The molecule has 0 saturated carbocycles. The van der Waals surface area contributed by atoms with Crippen molar-refractivity contribution in [1.82, 2.24) is 15.1 Å². The highest BCUT2D eigenvalue weighted by molar-refractivity contribution is 6.30. The number of hydrogen-bond donors (Lipinski definition) is 1. The molecular formula is C12H14ClN3. The number of benzene rings is 1. The topological polar surface area (TPSA) is 29.9 Å². The summed E-state index contributed by atoms with van der Waals surface area (Å²) in [7, 11) is 3.86. The van der Waals surface area contributed by atoms with Crippen molar-refractivity contribution in [2.75, 3.05) is 7.05 Å². The predicted octanol–water partition coefficient (Wildman–Crippen LogP) is 2.46. The lowest BCUT2D eigenvalue weighted by Crippen LogP contribution is -2.05. The van der Waals surface area contributed by atoms with Gasteiger partial charge in [0.1, 0.15) is 0 Å². The maximum atomic E-state index is 5.86. The number of nitrogens with one attached hydrogen (secondary N) is 1. The first kappa shape index (κ1) is 11.2. The molecule has 0 radical (unpaired) electrons. The summed E-state index contributed by atoms with van der Waals surface area (Å²) in [6.45, 7) is 0.779. The molecule has 0 atom stereocenters. The molecule has 3 nitrogen and oxygen atoms in total. The van der Waals surface area contributed by atoms with Gasteiger partial charge < -0.3 is 5.32 Å². The van der Waals surface area contributed by atoms with E-state index in [-0.39, 0.29) is 0 Å². The van der Waals surface area contributed by atoms with E-state index in [1.54, 1.807) is 0 Å². The molecule has 1 aromatic heterocycles. The van der Waals surface area contributed by atoms with E-state index in [1.807, 2.05) is 43.0 Å². The van der Waals surface area contributed by atoms with Crippen molar-refractivity contribution in [3.05, 3.63) is 41.0 Å². The molecule has 0 aliphatic rings. The van der Waals surface area contributed by atoms with Crippen LogP contribution >= 0.6 is 11.6 Å². The van der Waals surface area contributed by atoms with E-state index in [2.05, 4.69) is 16.5 Å². The number of halogens is 1. The average Bonchev–Trinajstić information content (AvgIpc) is 2.61. The van der Waals surface area contributed by atoms with E-state index in [0.717, 1.165) is 28.5 Å². The molecule has 0 bridgehead atoms. The lowest BCUT2D eigenvalue weighted by atomic mass is 10.1. The van der Waals surface area contributed by atoms with Crippen LogP contribution in [-0.2, 0) is 13.6 Å². The zero-order valence-corrected chi connectivity index (χ0v) is 10.1. The molecule has 2 rings (SSSR count). The number of hydrogen-bond acceptors (Lipinski definition) is 2. The third kappa shape index (κ3) is 2.26. The Hall–Kier alpha value is -1.32. The molecule has 0 fully saturated rings. The molecule has 1 N–H and O–H groups in total. The summed E-state index contributed by atoms with van der Waals surface area (Å²) in [4.78, 5) is 0. The SMILES string of the molecule is CNCc1cc(-c2ccc(Cl)cc2)n(C)n1. The van der Waals surface area contributed by atoms with Crippen LogP contribution in [0.2, 0.25) is 5.02 Å². The molecule has 0 unspecified atom stereocenters. The molecule has 4 heteroatoms. The molecule has 16 heavy (non-hydrogen) atoms. The molecule has 84 valence electrons. The minimum Gasteiger partial charge on any atom is -0.314 e. The van der Waals surface area contributed by atoms with Gasteiger partial charge in [-0.1, -0.05) is 23.7 Å². The number of nitrogens with zero attached hydrogens (tertiary/aromatic N) is 2. The lowest BCUT2D eigenvalue weighted by molar-refractivity contribution is 0.716. The zero-order chi connectivity index (χ0) is 11.5. The summed E-state index contributed by atoms with van der Waals surface area (Å²) in [6.07, 6.45) is 0. The molecule has 0 saturated heterocycles. The van der Waals surface area contributed by atoms with E-state index in [4.69, 9.17) is 11.6 Å². The fraction of sp³-hybridized carbons (Fsp3) is 0.250. The van der Waals surface area contributed by atoms with Crippen LogP contribution in [0.25, 0.3) is 11.3 Å². The van der Waals surface area contributed by atoms with Crippen molar-refractivity contribution in [3.63, 3.8) is 0 Å². The Bertz CT molecular complexity index is 474. The summed E-state index contributed by atoms with van der Waals surface area (Å²) < 4.78 is 1.88. The molecule has 1 aromatic carbocycles. The summed E-state index contributed by atoms with van der Waals surface area (Å²) in [5.41, 5.74) is 3.26.